The van der Waals surface area contributed by atoms with E-state index in [1.165, 1.54) is 30.3 Å². The van der Waals surface area contributed by atoms with Crippen LogP contribution in [0.1, 0.15) is 21.7 Å². The number of nitro groups is 1. The molecule has 0 saturated heterocycles. The van der Waals surface area contributed by atoms with E-state index in [0.717, 1.165) is 22.3 Å². The summed E-state index contributed by atoms with van der Waals surface area (Å²) in [5.41, 5.74) is 1.05. The van der Waals surface area contributed by atoms with Crippen LogP contribution in [0.15, 0.2) is 89.2 Å². The molecule has 2 aromatic carbocycles. The van der Waals surface area contributed by atoms with Gasteiger partial charge >= 0.3 is 5.00 Å². The minimum absolute atomic E-state index is 0.131. The molecule has 31 heavy (non-hydrogen) atoms. The molecule has 0 aliphatic carbocycles. The van der Waals surface area contributed by atoms with Crippen molar-refractivity contribution < 1.29 is 18.1 Å². The van der Waals surface area contributed by atoms with E-state index in [-0.39, 0.29) is 14.8 Å². The van der Waals surface area contributed by atoms with E-state index < -0.39 is 26.7 Å². The van der Waals surface area contributed by atoms with Crippen molar-refractivity contribution in [1.82, 2.24) is 5.32 Å². The van der Waals surface area contributed by atoms with Crippen LogP contribution in [0.4, 0.5) is 5.00 Å². The standard InChI is InChI=1S/C22H20N2O5S2/c25-22(20-13-14-21(30-20)24(26)27)23-18(12-11-17-7-3-1-4-8-17)15-16-31(28,29)19-9-5-2-6-10-19/h1-10,13-16,18H,11-12H2,(H,23,25)/b16-15+/t18-/m0/s1. The fourth-order valence-corrected chi connectivity index (χ4v) is 4.67. The van der Waals surface area contributed by atoms with Crippen molar-refractivity contribution in [2.45, 2.75) is 23.8 Å². The summed E-state index contributed by atoms with van der Waals surface area (Å²) in [5.74, 6) is -0.488. The summed E-state index contributed by atoms with van der Waals surface area (Å²) in [5, 5.41) is 14.6. The minimum Gasteiger partial charge on any atom is -0.345 e. The van der Waals surface area contributed by atoms with Crippen LogP contribution in [-0.4, -0.2) is 25.3 Å². The Bertz CT molecular complexity index is 1170. The molecule has 1 amide bonds. The van der Waals surface area contributed by atoms with Gasteiger partial charge in [0.1, 0.15) is 0 Å². The normalized spacial score (nSPS) is 12.5. The maximum absolute atomic E-state index is 12.6. The Morgan fingerprint density at radius 1 is 1.03 bits per heavy atom. The van der Waals surface area contributed by atoms with Crippen molar-refractivity contribution in [2.75, 3.05) is 0 Å². The fourth-order valence-electron chi connectivity index (χ4n) is 2.86. The van der Waals surface area contributed by atoms with Crippen molar-refractivity contribution >= 4 is 32.1 Å². The number of nitrogens with zero attached hydrogens (tertiary/aromatic N) is 1. The Morgan fingerprint density at radius 2 is 1.68 bits per heavy atom. The molecule has 0 aliphatic rings. The summed E-state index contributed by atoms with van der Waals surface area (Å²) in [4.78, 5) is 23.3. The van der Waals surface area contributed by atoms with Crippen molar-refractivity contribution in [3.8, 4) is 0 Å². The van der Waals surface area contributed by atoms with Crippen LogP contribution in [0, 0.1) is 10.1 Å². The van der Waals surface area contributed by atoms with E-state index >= 15 is 0 Å². The molecule has 1 atom stereocenters. The van der Waals surface area contributed by atoms with Crippen molar-refractivity contribution in [1.29, 1.82) is 0 Å². The van der Waals surface area contributed by atoms with Crippen LogP contribution >= 0.6 is 11.3 Å². The first kappa shape index (κ1) is 22.4. The lowest BCUT2D eigenvalue weighted by molar-refractivity contribution is -0.380. The molecule has 1 aromatic heterocycles. The summed E-state index contributed by atoms with van der Waals surface area (Å²) in [6.07, 6.45) is 2.53. The molecular formula is C22H20N2O5S2. The highest BCUT2D eigenvalue weighted by molar-refractivity contribution is 7.94. The molecule has 3 rings (SSSR count). The van der Waals surface area contributed by atoms with Crippen molar-refractivity contribution in [3.05, 3.63) is 105 Å². The topological polar surface area (TPSA) is 106 Å². The first-order chi connectivity index (χ1) is 14.8. The van der Waals surface area contributed by atoms with Gasteiger partial charge in [-0.3, -0.25) is 14.9 Å². The third-order valence-electron chi connectivity index (χ3n) is 4.46. The van der Waals surface area contributed by atoms with Crippen LogP contribution in [-0.2, 0) is 16.3 Å². The Labute approximate surface area is 184 Å². The van der Waals surface area contributed by atoms with E-state index in [4.69, 9.17) is 0 Å². The monoisotopic (exact) mass is 456 g/mol. The summed E-state index contributed by atoms with van der Waals surface area (Å²) < 4.78 is 25.1. The number of amides is 1. The molecule has 1 N–H and O–H groups in total. The van der Waals surface area contributed by atoms with Crippen molar-refractivity contribution in [2.24, 2.45) is 0 Å². The first-order valence-electron chi connectivity index (χ1n) is 9.42. The second-order valence-electron chi connectivity index (χ2n) is 6.69. The summed E-state index contributed by atoms with van der Waals surface area (Å²) in [6.45, 7) is 0. The van der Waals surface area contributed by atoms with Gasteiger partial charge < -0.3 is 5.32 Å². The summed E-state index contributed by atoms with van der Waals surface area (Å²) >= 11 is 0.773. The van der Waals surface area contributed by atoms with Gasteiger partial charge in [0.2, 0.25) is 0 Å². The summed E-state index contributed by atoms with van der Waals surface area (Å²) in [6, 6.07) is 19.7. The van der Waals surface area contributed by atoms with Crippen LogP contribution in [0.2, 0.25) is 0 Å². The number of hydrogen-bond acceptors (Lipinski definition) is 6. The number of thiophene rings is 1. The number of rotatable bonds is 9. The van der Waals surface area contributed by atoms with Crippen LogP contribution in [0.3, 0.4) is 0 Å². The van der Waals surface area contributed by atoms with E-state index in [1.807, 2.05) is 30.3 Å². The predicted octanol–water partition coefficient (Wildman–Crippen LogP) is 4.38. The first-order valence-corrected chi connectivity index (χ1v) is 11.8. The molecule has 0 unspecified atom stereocenters. The zero-order valence-electron chi connectivity index (χ0n) is 16.4. The number of nitrogens with one attached hydrogen (secondary N) is 1. The van der Waals surface area contributed by atoms with E-state index in [9.17, 15) is 23.3 Å². The Balaban J connectivity index is 1.78. The van der Waals surface area contributed by atoms with Gasteiger partial charge in [0.15, 0.2) is 9.84 Å². The maximum Gasteiger partial charge on any atom is 0.324 e. The van der Waals surface area contributed by atoms with Gasteiger partial charge in [0.25, 0.3) is 5.91 Å². The zero-order valence-corrected chi connectivity index (χ0v) is 18.0. The summed E-state index contributed by atoms with van der Waals surface area (Å²) in [7, 11) is -3.66. The number of hydrogen-bond donors (Lipinski definition) is 1. The largest absolute Gasteiger partial charge is 0.345 e. The third-order valence-corrected chi connectivity index (χ3v) is 6.94. The fraction of sp³-hybridized carbons (Fsp3) is 0.136. The molecule has 1 heterocycles. The number of carbonyl (C=O) groups is 1. The second kappa shape index (κ2) is 10.1. The third kappa shape index (κ3) is 6.34. The highest BCUT2D eigenvalue weighted by Crippen LogP contribution is 2.24. The van der Waals surface area contributed by atoms with Gasteiger partial charge in [0, 0.05) is 17.5 Å². The highest BCUT2D eigenvalue weighted by atomic mass is 32.2. The molecule has 160 valence electrons. The number of aryl methyl sites for hydroxylation is 1. The SMILES string of the molecule is O=C(N[C@H](/C=C/S(=O)(=O)c1ccccc1)CCc1ccccc1)c1ccc([N+](=O)[O-])s1. The lowest BCUT2D eigenvalue weighted by atomic mass is 10.1. The van der Waals surface area contributed by atoms with E-state index in [1.54, 1.807) is 18.2 Å². The molecule has 0 aliphatic heterocycles. The second-order valence-corrected chi connectivity index (χ2v) is 9.58. The lowest BCUT2D eigenvalue weighted by Crippen LogP contribution is -2.33. The molecule has 0 bridgehead atoms. The van der Waals surface area contributed by atoms with Crippen molar-refractivity contribution in [3.63, 3.8) is 0 Å². The van der Waals surface area contributed by atoms with Gasteiger partial charge in [-0.1, -0.05) is 65.9 Å². The molecule has 7 nitrogen and oxygen atoms in total. The van der Waals surface area contributed by atoms with Gasteiger partial charge in [0.05, 0.1) is 14.7 Å². The zero-order chi connectivity index (χ0) is 22.3. The average molecular weight is 457 g/mol. The highest BCUT2D eigenvalue weighted by Gasteiger charge is 2.18. The van der Waals surface area contributed by atoms with Gasteiger partial charge in [-0.25, -0.2) is 8.42 Å². The molecule has 0 radical (unpaired) electrons. The van der Waals surface area contributed by atoms with Gasteiger partial charge in [-0.2, -0.15) is 0 Å². The van der Waals surface area contributed by atoms with Crippen LogP contribution in [0.5, 0.6) is 0 Å². The van der Waals surface area contributed by atoms with E-state index in [2.05, 4.69) is 5.32 Å². The Kier molecular flexibility index (Phi) is 7.32. The predicted molar refractivity (Wildman–Crippen MR) is 120 cm³/mol. The van der Waals surface area contributed by atoms with Crippen LogP contribution in [0.25, 0.3) is 0 Å². The average Bonchev–Trinajstić information content (AvgIpc) is 3.28. The molecule has 0 spiro atoms. The molecule has 3 aromatic rings. The molecule has 0 fully saturated rings. The van der Waals surface area contributed by atoms with E-state index in [0.29, 0.717) is 12.8 Å². The number of sulfone groups is 1. The minimum atomic E-state index is -3.66. The Morgan fingerprint density at radius 3 is 2.29 bits per heavy atom. The van der Waals surface area contributed by atoms with Gasteiger partial charge in [-0.15, -0.1) is 0 Å². The molecule has 9 heteroatoms. The lowest BCUT2D eigenvalue weighted by Gasteiger charge is -2.15. The smallest absolute Gasteiger partial charge is 0.324 e. The number of benzene rings is 2. The number of carbonyl (C=O) groups excluding carboxylic acids is 1. The molecule has 0 saturated carbocycles. The van der Waals surface area contributed by atoms with Crippen LogP contribution < -0.4 is 5.32 Å². The maximum atomic E-state index is 12.6. The van der Waals surface area contributed by atoms with Gasteiger partial charge in [-0.05, 0) is 36.6 Å². The Hall–Kier alpha value is -3.30. The molecular weight excluding hydrogens is 436 g/mol. The quantitative estimate of drug-likeness (QED) is 0.380.